The number of ketones is 1. The van der Waals surface area contributed by atoms with Crippen molar-refractivity contribution in [2.45, 2.75) is 13.8 Å². The maximum Gasteiger partial charge on any atom is 0.275 e. The summed E-state index contributed by atoms with van der Waals surface area (Å²) in [5.41, 5.74) is 2.28. The van der Waals surface area contributed by atoms with Gasteiger partial charge in [0, 0.05) is 17.5 Å². The van der Waals surface area contributed by atoms with Gasteiger partial charge in [0.05, 0.1) is 0 Å². The summed E-state index contributed by atoms with van der Waals surface area (Å²) in [5, 5.41) is 4.01. The standard InChI is InChI=1S/C14H12N4O2/c1-8-4-3-5-11(17-8)13(19)10-6-18-12(9(10)2)14(20)15-7-16-18/h3-7H,1-2H3,(H,15,16,20). The van der Waals surface area contributed by atoms with Gasteiger partial charge in [-0.05, 0) is 31.5 Å². The Hall–Kier alpha value is -2.76. The Morgan fingerprint density at radius 2 is 2.10 bits per heavy atom. The Balaban J connectivity index is 2.20. The quantitative estimate of drug-likeness (QED) is 0.710. The summed E-state index contributed by atoms with van der Waals surface area (Å²) in [5.74, 6) is -0.212. The number of carbonyl (C=O) groups excluding carboxylic acids is 1. The molecule has 0 spiro atoms. The third-order valence-corrected chi connectivity index (χ3v) is 3.20. The second-order valence-electron chi connectivity index (χ2n) is 4.57. The molecular weight excluding hydrogens is 256 g/mol. The molecular formula is C14H12N4O2. The zero-order valence-corrected chi connectivity index (χ0v) is 11.0. The van der Waals surface area contributed by atoms with Crippen LogP contribution in [0.4, 0.5) is 0 Å². The monoisotopic (exact) mass is 268 g/mol. The lowest BCUT2D eigenvalue weighted by molar-refractivity contribution is 0.103. The second-order valence-corrected chi connectivity index (χ2v) is 4.57. The van der Waals surface area contributed by atoms with Gasteiger partial charge in [0.15, 0.2) is 0 Å². The number of pyridine rings is 1. The van der Waals surface area contributed by atoms with E-state index < -0.39 is 0 Å². The number of hydrogen-bond acceptors (Lipinski definition) is 4. The van der Waals surface area contributed by atoms with Gasteiger partial charge < -0.3 is 4.98 Å². The minimum absolute atomic E-state index is 0.212. The van der Waals surface area contributed by atoms with E-state index in [4.69, 9.17) is 0 Å². The molecule has 0 aliphatic carbocycles. The van der Waals surface area contributed by atoms with E-state index in [2.05, 4.69) is 15.1 Å². The van der Waals surface area contributed by atoms with E-state index in [1.165, 1.54) is 10.8 Å². The van der Waals surface area contributed by atoms with Crippen LogP contribution in [0, 0.1) is 13.8 Å². The molecule has 0 atom stereocenters. The molecule has 3 aromatic rings. The summed E-state index contributed by atoms with van der Waals surface area (Å²) in [6.07, 6.45) is 2.86. The van der Waals surface area contributed by atoms with Gasteiger partial charge >= 0.3 is 0 Å². The summed E-state index contributed by atoms with van der Waals surface area (Å²) in [4.78, 5) is 31.0. The summed E-state index contributed by atoms with van der Waals surface area (Å²) in [6.45, 7) is 3.56. The highest BCUT2D eigenvalue weighted by atomic mass is 16.1. The van der Waals surface area contributed by atoms with Gasteiger partial charge in [-0.3, -0.25) is 9.59 Å². The molecule has 0 fully saturated rings. The van der Waals surface area contributed by atoms with Crippen LogP contribution in [0.1, 0.15) is 27.3 Å². The Kier molecular flexibility index (Phi) is 2.71. The minimum Gasteiger partial charge on any atom is -0.310 e. The highest BCUT2D eigenvalue weighted by molar-refractivity contribution is 6.09. The van der Waals surface area contributed by atoms with E-state index in [1.807, 2.05) is 13.0 Å². The minimum atomic E-state index is -0.270. The van der Waals surface area contributed by atoms with Crippen LogP contribution in [0.15, 0.2) is 35.5 Å². The van der Waals surface area contributed by atoms with Crippen LogP contribution in [-0.2, 0) is 0 Å². The fraction of sp³-hybridized carbons (Fsp3) is 0.143. The second kappa shape index (κ2) is 4.41. The Morgan fingerprint density at radius 1 is 1.30 bits per heavy atom. The van der Waals surface area contributed by atoms with Crippen LogP contribution < -0.4 is 5.56 Å². The van der Waals surface area contributed by atoms with E-state index in [-0.39, 0.29) is 11.3 Å². The molecule has 20 heavy (non-hydrogen) atoms. The molecule has 0 unspecified atom stereocenters. The number of aromatic nitrogens is 4. The first-order valence-electron chi connectivity index (χ1n) is 6.12. The van der Waals surface area contributed by atoms with Crippen molar-refractivity contribution in [1.29, 1.82) is 0 Å². The number of nitrogens with zero attached hydrogens (tertiary/aromatic N) is 3. The van der Waals surface area contributed by atoms with Crippen LogP contribution in [0.2, 0.25) is 0 Å². The molecule has 1 N–H and O–H groups in total. The van der Waals surface area contributed by atoms with Crippen LogP contribution in [0.3, 0.4) is 0 Å². The van der Waals surface area contributed by atoms with Crippen LogP contribution in [0.25, 0.3) is 5.52 Å². The lowest BCUT2D eigenvalue weighted by Crippen LogP contribution is -2.10. The number of fused-ring (bicyclic) bond motifs is 1. The maximum atomic E-state index is 12.5. The normalized spacial score (nSPS) is 10.9. The van der Waals surface area contributed by atoms with E-state index >= 15 is 0 Å². The van der Waals surface area contributed by atoms with Gasteiger partial charge in [-0.1, -0.05) is 6.07 Å². The largest absolute Gasteiger partial charge is 0.310 e. The number of carbonyl (C=O) groups is 1. The smallest absolute Gasteiger partial charge is 0.275 e. The fourth-order valence-corrected chi connectivity index (χ4v) is 2.20. The van der Waals surface area contributed by atoms with Crippen LogP contribution >= 0.6 is 0 Å². The summed E-state index contributed by atoms with van der Waals surface area (Å²) in [7, 11) is 0. The van der Waals surface area contributed by atoms with Gasteiger partial charge in [-0.2, -0.15) is 5.10 Å². The molecule has 0 amide bonds. The van der Waals surface area contributed by atoms with Gasteiger partial charge in [-0.25, -0.2) is 9.50 Å². The topological polar surface area (TPSA) is 80.1 Å². The highest BCUT2D eigenvalue weighted by Crippen LogP contribution is 2.17. The molecule has 6 nitrogen and oxygen atoms in total. The number of H-pyrrole nitrogens is 1. The summed E-state index contributed by atoms with van der Waals surface area (Å²) < 4.78 is 1.41. The predicted molar refractivity (Wildman–Crippen MR) is 73.0 cm³/mol. The molecule has 3 heterocycles. The summed E-state index contributed by atoms with van der Waals surface area (Å²) >= 11 is 0. The van der Waals surface area contributed by atoms with Crippen molar-refractivity contribution in [1.82, 2.24) is 19.6 Å². The van der Waals surface area contributed by atoms with Crippen molar-refractivity contribution in [3.63, 3.8) is 0 Å². The van der Waals surface area contributed by atoms with Crippen molar-refractivity contribution in [2.75, 3.05) is 0 Å². The lowest BCUT2D eigenvalue weighted by atomic mass is 10.1. The molecule has 3 rings (SSSR count). The number of hydrogen-bond donors (Lipinski definition) is 1. The lowest BCUT2D eigenvalue weighted by Gasteiger charge is -2.00. The third-order valence-electron chi connectivity index (χ3n) is 3.20. The molecule has 0 saturated carbocycles. The highest BCUT2D eigenvalue weighted by Gasteiger charge is 2.19. The fourth-order valence-electron chi connectivity index (χ4n) is 2.20. The number of aryl methyl sites for hydroxylation is 2. The van der Waals surface area contributed by atoms with Crippen molar-refractivity contribution in [2.24, 2.45) is 0 Å². The van der Waals surface area contributed by atoms with E-state index in [0.717, 1.165) is 5.69 Å². The molecule has 0 aromatic carbocycles. The molecule has 0 aliphatic heterocycles. The first kappa shape index (κ1) is 12.3. The van der Waals surface area contributed by atoms with Gasteiger partial charge in [0.1, 0.15) is 17.5 Å². The predicted octanol–water partition coefficient (Wildman–Crippen LogP) is 1.27. The Labute approximate surface area is 114 Å². The van der Waals surface area contributed by atoms with Crippen molar-refractivity contribution >= 4 is 11.3 Å². The summed E-state index contributed by atoms with van der Waals surface area (Å²) in [6, 6.07) is 5.27. The SMILES string of the molecule is Cc1cccc(C(=O)c2cn3nc[nH]c(=O)c3c2C)n1. The van der Waals surface area contributed by atoms with Gasteiger partial charge in [-0.15, -0.1) is 0 Å². The molecule has 0 bridgehead atoms. The van der Waals surface area contributed by atoms with Crippen molar-refractivity contribution < 1.29 is 4.79 Å². The molecule has 6 heteroatoms. The first-order valence-corrected chi connectivity index (χ1v) is 6.12. The van der Waals surface area contributed by atoms with E-state index in [9.17, 15) is 9.59 Å². The molecule has 0 aliphatic rings. The molecule has 0 radical (unpaired) electrons. The Bertz CT molecular complexity index is 876. The average molecular weight is 268 g/mol. The Morgan fingerprint density at radius 3 is 2.80 bits per heavy atom. The zero-order valence-electron chi connectivity index (χ0n) is 11.0. The van der Waals surface area contributed by atoms with Crippen LogP contribution in [-0.4, -0.2) is 25.4 Å². The number of aromatic amines is 1. The average Bonchev–Trinajstić information content (AvgIpc) is 2.76. The van der Waals surface area contributed by atoms with Crippen LogP contribution in [0.5, 0.6) is 0 Å². The maximum absolute atomic E-state index is 12.5. The van der Waals surface area contributed by atoms with Crippen molar-refractivity contribution in [3.05, 3.63) is 63.6 Å². The molecule has 3 aromatic heterocycles. The van der Waals surface area contributed by atoms with Crippen molar-refractivity contribution in [3.8, 4) is 0 Å². The number of rotatable bonds is 2. The van der Waals surface area contributed by atoms with E-state index in [1.54, 1.807) is 25.3 Å². The molecule has 0 saturated heterocycles. The third kappa shape index (κ3) is 1.82. The van der Waals surface area contributed by atoms with Gasteiger partial charge in [0.2, 0.25) is 5.78 Å². The molecule has 100 valence electrons. The van der Waals surface area contributed by atoms with E-state index in [0.29, 0.717) is 22.3 Å². The zero-order chi connectivity index (χ0) is 14.3. The number of nitrogens with one attached hydrogen (secondary N) is 1. The van der Waals surface area contributed by atoms with Gasteiger partial charge in [0.25, 0.3) is 5.56 Å². The first-order chi connectivity index (χ1) is 9.58.